The molecule has 0 spiro atoms. The van der Waals surface area contributed by atoms with Gasteiger partial charge in [-0.2, -0.15) is 0 Å². The van der Waals surface area contributed by atoms with Gasteiger partial charge < -0.3 is 15.1 Å². The van der Waals surface area contributed by atoms with Gasteiger partial charge in [0.25, 0.3) is 5.91 Å². The zero-order valence-electron chi connectivity index (χ0n) is 6.47. The zero-order chi connectivity index (χ0) is 8.97. The van der Waals surface area contributed by atoms with Crippen molar-refractivity contribution in [3.05, 3.63) is 24.4 Å². The van der Waals surface area contributed by atoms with Crippen LogP contribution >= 0.6 is 0 Å². The number of rotatable bonds is 2. The molecule has 0 saturated heterocycles. The molecular formula is C8H10NO3. The summed E-state index contributed by atoms with van der Waals surface area (Å²) in [5, 5.41) is 17.5. The smallest absolute Gasteiger partial charge is 0.258 e. The number of hydrogen-bond acceptors (Lipinski definition) is 3. The second-order valence-corrected chi connectivity index (χ2v) is 2.39. The minimum absolute atomic E-state index is 0.420. The van der Waals surface area contributed by atoms with Crippen LogP contribution in [0.2, 0.25) is 0 Å². The van der Waals surface area contributed by atoms with Crippen LogP contribution < -0.4 is 0 Å². The number of carbonyl (C=O) groups is 1. The van der Waals surface area contributed by atoms with Gasteiger partial charge in [0.1, 0.15) is 0 Å². The molecule has 1 rings (SSSR count). The van der Waals surface area contributed by atoms with E-state index in [-0.39, 0.29) is 0 Å². The summed E-state index contributed by atoms with van der Waals surface area (Å²) in [6, 6.07) is 0. The number of allylic oxidation sites excluding steroid dienone is 2. The third-order valence-corrected chi connectivity index (χ3v) is 1.49. The van der Waals surface area contributed by atoms with Gasteiger partial charge in [-0.05, 0) is 6.08 Å². The van der Waals surface area contributed by atoms with Gasteiger partial charge in [0.15, 0.2) is 6.10 Å². The van der Waals surface area contributed by atoms with Crippen LogP contribution in [0.25, 0.3) is 0 Å². The first-order chi connectivity index (χ1) is 5.75. The second-order valence-electron chi connectivity index (χ2n) is 2.39. The summed E-state index contributed by atoms with van der Waals surface area (Å²) in [5.41, 5.74) is 0. The van der Waals surface area contributed by atoms with E-state index in [0.717, 1.165) is 0 Å². The van der Waals surface area contributed by atoms with Crippen LogP contribution in [0.1, 0.15) is 0 Å². The maximum absolute atomic E-state index is 11.1. The lowest BCUT2D eigenvalue weighted by molar-refractivity contribution is -0.138. The summed E-state index contributed by atoms with van der Waals surface area (Å²) in [6.07, 6.45) is 6.25. The minimum atomic E-state index is -1.32. The van der Waals surface area contributed by atoms with E-state index >= 15 is 0 Å². The third kappa shape index (κ3) is 1.93. The van der Waals surface area contributed by atoms with Gasteiger partial charge in [0, 0.05) is 12.7 Å². The Hall–Kier alpha value is -1.13. The molecule has 12 heavy (non-hydrogen) atoms. The van der Waals surface area contributed by atoms with Crippen molar-refractivity contribution in [2.24, 2.45) is 0 Å². The van der Waals surface area contributed by atoms with Crippen molar-refractivity contribution in [1.82, 2.24) is 4.90 Å². The Kier molecular flexibility index (Phi) is 3.01. The molecule has 1 amide bonds. The van der Waals surface area contributed by atoms with E-state index in [1.54, 1.807) is 12.2 Å². The number of hydrogen-bond donors (Lipinski definition) is 2. The van der Waals surface area contributed by atoms with Gasteiger partial charge in [-0.1, -0.05) is 12.2 Å². The van der Waals surface area contributed by atoms with Crippen LogP contribution in [-0.2, 0) is 4.79 Å². The van der Waals surface area contributed by atoms with Gasteiger partial charge in [0.05, 0.1) is 6.61 Å². The van der Waals surface area contributed by atoms with Crippen molar-refractivity contribution < 1.29 is 15.0 Å². The number of aliphatic hydroxyl groups excluding tert-OH is 2. The van der Waals surface area contributed by atoms with Gasteiger partial charge in [-0.25, -0.2) is 0 Å². The molecule has 1 radical (unpaired) electrons. The van der Waals surface area contributed by atoms with E-state index in [1.165, 1.54) is 11.1 Å². The van der Waals surface area contributed by atoms with E-state index in [2.05, 4.69) is 6.08 Å². The maximum atomic E-state index is 11.1. The summed E-state index contributed by atoms with van der Waals surface area (Å²) in [7, 11) is 0. The Bertz CT molecular complexity index is 222. The maximum Gasteiger partial charge on any atom is 0.258 e. The highest BCUT2D eigenvalue weighted by atomic mass is 16.3. The molecule has 1 unspecified atom stereocenters. The van der Waals surface area contributed by atoms with E-state index in [9.17, 15) is 4.79 Å². The highest BCUT2D eigenvalue weighted by Crippen LogP contribution is 2.00. The third-order valence-electron chi connectivity index (χ3n) is 1.49. The zero-order valence-corrected chi connectivity index (χ0v) is 6.47. The van der Waals surface area contributed by atoms with Crippen molar-refractivity contribution in [2.45, 2.75) is 6.10 Å². The van der Waals surface area contributed by atoms with E-state index in [1.807, 2.05) is 0 Å². The van der Waals surface area contributed by atoms with Crippen molar-refractivity contribution in [1.29, 1.82) is 0 Å². The van der Waals surface area contributed by atoms with Gasteiger partial charge in [-0.3, -0.25) is 4.79 Å². The summed E-state index contributed by atoms with van der Waals surface area (Å²) >= 11 is 0. The Morgan fingerprint density at radius 2 is 2.50 bits per heavy atom. The number of aliphatic hydroxyl groups is 2. The standard InChI is InChI=1S/C8H10NO3/c10-6-7(11)8(12)9-4-2-1-3-5-9/h1-2,5,7,10-11H,4,6H2. The first-order valence-electron chi connectivity index (χ1n) is 3.59. The molecular weight excluding hydrogens is 158 g/mol. The lowest BCUT2D eigenvalue weighted by Crippen LogP contribution is -2.38. The lowest BCUT2D eigenvalue weighted by Gasteiger charge is -2.20. The first kappa shape index (κ1) is 8.96. The Morgan fingerprint density at radius 3 is 3.00 bits per heavy atom. The van der Waals surface area contributed by atoms with E-state index in [4.69, 9.17) is 10.2 Å². The largest absolute Gasteiger partial charge is 0.393 e. The topological polar surface area (TPSA) is 60.8 Å². The molecule has 0 aliphatic carbocycles. The predicted molar refractivity (Wildman–Crippen MR) is 41.8 cm³/mol. The first-order valence-corrected chi connectivity index (χ1v) is 3.59. The average Bonchev–Trinajstić information content (AvgIpc) is 2.17. The van der Waals surface area contributed by atoms with E-state index in [0.29, 0.717) is 6.54 Å². The van der Waals surface area contributed by atoms with Crippen LogP contribution in [0.4, 0.5) is 0 Å². The van der Waals surface area contributed by atoms with Crippen LogP contribution in [0.15, 0.2) is 18.4 Å². The average molecular weight is 168 g/mol. The Morgan fingerprint density at radius 1 is 1.75 bits per heavy atom. The molecule has 0 bridgehead atoms. The molecule has 0 saturated carbocycles. The molecule has 1 aliphatic heterocycles. The predicted octanol–water partition coefficient (Wildman–Crippen LogP) is -0.945. The normalized spacial score (nSPS) is 18.0. The van der Waals surface area contributed by atoms with Crippen molar-refractivity contribution in [3.63, 3.8) is 0 Å². The van der Waals surface area contributed by atoms with E-state index < -0.39 is 18.6 Å². The van der Waals surface area contributed by atoms with Crippen molar-refractivity contribution >= 4 is 5.91 Å². The fourth-order valence-corrected chi connectivity index (χ4v) is 0.843. The SMILES string of the molecule is O=C(C(O)CO)N1C=[C]C=CC1. The molecule has 1 aliphatic rings. The molecule has 1 atom stereocenters. The quantitative estimate of drug-likeness (QED) is 0.559. The summed E-state index contributed by atoms with van der Waals surface area (Å²) in [4.78, 5) is 12.4. The Balaban J connectivity index is 2.53. The molecule has 4 nitrogen and oxygen atoms in total. The van der Waals surface area contributed by atoms with Crippen LogP contribution in [-0.4, -0.2) is 40.3 Å². The lowest BCUT2D eigenvalue weighted by atomic mass is 10.3. The molecule has 4 heteroatoms. The summed E-state index contributed by atoms with van der Waals surface area (Å²) < 4.78 is 0. The number of carbonyl (C=O) groups excluding carboxylic acids is 1. The van der Waals surface area contributed by atoms with Crippen molar-refractivity contribution in [3.8, 4) is 0 Å². The van der Waals surface area contributed by atoms with Crippen LogP contribution in [0, 0.1) is 6.08 Å². The minimum Gasteiger partial charge on any atom is -0.393 e. The molecule has 0 aromatic rings. The highest BCUT2D eigenvalue weighted by Gasteiger charge is 2.19. The monoisotopic (exact) mass is 168 g/mol. The molecule has 0 fully saturated rings. The van der Waals surface area contributed by atoms with Crippen LogP contribution in [0.5, 0.6) is 0 Å². The Labute approximate surface area is 70.4 Å². The van der Waals surface area contributed by atoms with Gasteiger partial charge >= 0.3 is 0 Å². The fraction of sp³-hybridized carbons (Fsp3) is 0.375. The number of amides is 1. The van der Waals surface area contributed by atoms with Gasteiger partial charge in [-0.15, -0.1) is 0 Å². The molecule has 0 aromatic heterocycles. The fourth-order valence-electron chi connectivity index (χ4n) is 0.843. The molecule has 0 aromatic carbocycles. The summed E-state index contributed by atoms with van der Waals surface area (Å²) in [6.45, 7) is -0.129. The van der Waals surface area contributed by atoms with Crippen LogP contribution in [0.3, 0.4) is 0 Å². The highest BCUT2D eigenvalue weighted by molar-refractivity contribution is 5.82. The van der Waals surface area contributed by atoms with Crippen molar-refractivity contribution in [2.75, 3.05) is 13.2 Å². The molecule has 2 N–H and O–H groups in total. The van der Waals surface area contributed by atoms with Gasteiger partial charge in [0.2, 0.25) is 0 Å². The molecule has 1 heterocycles. The second kappa shape index (κ2) is 4.04. The summed E-state index contributed by atoms with van der Waals surface area (Å²) in [5.74, 6) is -0.505. The number of nitrogens with zero attached hydrogens (tertiary/aromatic N) is 1. The molecule has 65 valence electrons.